The number of hydrogen-bond donors (Lipinski definition) is 1. The molecule has 1 saturated carbocycles. The topological polar surface area (TPSA) is 24.4 Å². The van der Waals surface area contributed by atoms with Crippen molar-refractivity contribution in [2.45, 2.75) is 38.0 Å². The number of aliphatic imine (C=N–C) groups is 1. The van der Waals surface area contributed by atoms with Crippen molar-refractivity contribution in [1.29, 1.82) is 0 Å². The van der Waals surface area contributed by atoms with Gasteiger partial charge in [-0.2, -0.15) is 13.2 Å². The molecule has 1 aliphatic heterocycles. The van der Waals surface area contributed by atoms with Gasteiger partial charge in [-0.1, -0.05) is 30.3 Å². The Morgan fingerprint density at radius 3 is 2.67 bits per heavy atom. The molecule has 2 unspecified atom stereocenters. The number of hydrogen-bond acceptors (Lipinski definition) is 2. The van der Waals surface area contributed by atoms with Crippen LogP contribution in [-0.4, -0.2) is 17.0 Å². The van der Waals surface area contributed by atoms with Gasteiger partial charge in [0.15, 0.2) is 5.17 Å². The molecule has 2 fully saturated rings. The summed E-state index contributed by atoms with van der Waals surface area (Å²) in [4.78, 5) is 4.49. The van der Waals surface area contributed by atoms with E-state index in [9.17, 15) is 13.2 Å². The summed E-state index contributed by atoms with van der Waals surface area (Å²) in [6, 6.07) is 5.77. The molecule has 1 aromatic carbocycles. The van der Waals surface area contributed by atoms with Crippen LogP contribution in [0.15, 0.2) is 29.3 Å². The molecular formula is C15H17F3N2S. The number of nitrogens with zero attached hydrogens (tertiary/aromatic N) is 1. The molecule has 2 nitrogen and oxygen atoms in total. The number of benzene rings is 1. The largest absolute Gasteiger partial charge is 0.416 e. The van der Waals surface area contributed by atoms with E-state index in [1.54, 1.807) is 11.8 Å². The summed E-state index contributed by atoms with van der Waals surface area (Å²) in [5, 5.41) is 4.38. The van der Waals surface area contributed by atoms with Crippen LogP contribution in [0.3, 0.4) is 0 Å². The molecule has 0 spiro atoms. The van der Waals surface area contributed by atoms with Gasteiger partial charge in [0.25, 0.3) is 0 Å². The van der Waals surface area contributed by atoms with Crippen molar-refractivity contribution in [3.8, 4) is 0 Å². The summed E-state index contributed by atoms with van der Waals surface area (Å²) in [5.41, 5.74) is 0.185. The van der Waals surface area contributed by atoms with Gasteiger partial charge in [0.1, 0.15) is 0 Å². The lowest BCUT2D eigenvalue weighted by Gasteiger charge is -2.28. The number of halogens is 3. The molecule has 1 heterocycles. The predicted molar refractivity (Wildman–Crippen MR) is 79.3 cm³/mol. The highest BCUT2D eigenvalue weighted by Gasteiger charge is 2.32. The molecule has 1 aliphatic carbocycles. The van der Waals surface area contributed by atoms with E-state index < -0.39 is 11.7 Å². The Labute approximate surface area is 126 Å². The van der Waals surface area contributed by atoms with Crippen LogP contribution >= 0.6 is 11.8 Å². The second-order valence-corrected chi connectivity index (χ2v) is 6.58. The van der Waals surface area contributed by atoms with Crippen LogP contribution in [0.25, 0.3) is 0 Å². The van der Waals surface area contributed by atoms with Crippen molar-refractivity contribution < 1.29 is 13.2 Å². The van der Waals surface area contributed by atoms with Gasteiger partial charge in [-0.3, -0.25) is 4.99 Å². The molecule has 6 heteroatoms. The summed E-state index contributed by atoms with van der Waals surface area (Å²) in [5.74, 6) is 1.85. The maximum absolute atomic E-state index is 12.5. The van der Waals surface area contributed by atoms with Crippen LogP contribution in [0, 0.1) is 5.92 Å². The fourth-order valence-corrected chi connectivity index (χ4v) is 4.03. The number of nitrogens with one attached hydrogen (secondary N) is 1. The van der Waals surface area contributed by atoms with Gasteiger partial charge < -0.3 is 5.32 Å². The summed E-state index contributed by atoms with van der Waals surface area (Å²) in [7, 11) is 0. The predicted octanol–water partition coefficient (Wildman–Crippen LogP) is 4.07. The molecule has 0 amide bonds. The number of rotatable bonds is 2. The van der Waals surface area contributed by atoms with E-state index >= 15 is 0 Å². The van der Waals surface area contributed by atoms with Crippen molar-refractivity contribution >= 4 is 16.9 Å². The minimum atomic E-state index is -4.28. The number of fused-ring (bicyclic) bond motifs is 1. The third kappa shape index (κ3) is 3.54. The Balaban J connectivity index is 1.60. The quantitative estimate of drug-likeness (QED) is 0.890. The van der Waals surface area contributed by atoms with Gasteiger partial charge in [-0.05, 0) is 36.5 Å². The van der Waals surface area contributed by atoms with Gasteiger partial charge in [-0.15, -0.1) is 0 Å². The summed E-state index contributed by atoms with van der Waals surface area (Å²) in [6.45, 7) is 0.421. The van der Waals surface area contributed by atoms with Crippen LogP contribution in [-0.2, 0) is 12.7 Å². The van der Waals surface area contributed by atoms with Crippen molar-refractivity contribution in [1.82, 2.24) is 5.32 Å². The molecule has 114 valence electrons. The van der Waals surface area contributed by atoms with Gasteiger partial charge in [0.05, 0.1) is 12.1 Å². The highest BCUT2D eigenvalue weighted by Crippen LogP contribution is 2.33. The van der Waals surface area contributed by atoms with E-state index in [1.807, 2.05) is 0 Å². The first-order chi connectivity index (χ1) is 10.0. The van der Waals surface area contributed by atoms with Crippen molar-refractivity contribution in [2.24, 2.45) is 10.9 Å². The first kappa shape index (κ1) is 14.8. The molecule has 0 aromatic heterocycles. The number of thioether (sulfide) groups is 1. The molecule has 0 bridgehead atoms. The molecule has 1 saturated heterocycles. The summed E-state index contributed by atoms with van der Waals surface area (Å²) < 4.78 is 37.4. The summed E-state index contributed by atoms with van der Waals surface area (Å²) >= 11 is 1.73. The Hall–Kier alpha value is -1.17. The fraction of sp³-hybridized carbons (Fsp3) is 0.533. The van der Waals surface area contributed by atoms with E-state index in [2.05, 4.69) is 10.3 Å². The molecule has 2 aliphatic rings. The van der Waals surface area contributed by atoms with E-state index in [1.165, 1.54) is 31.4 Å². The third-order valence-electron chi connectivity index (χ3n) is 4.09. The minimum absolute atomic E-state index is 0.421. The number of alkyl halides is 3. The van der Waals surface area contributed by atoms with Crippen LogP contribution in [0.4, 0.5) is 13.2 Å². The number of amidine groups is 1. The molecule has 1 N–H and O–H groups in total. The lowest BCUT2D eigenvalue weighted by atomic mass is 10.1. The van der Waals surface area contributed by atoms with E-state index in [0.717, 1.165) is 34.5 Å². The third-order valence-corrected chi connectivity index (χ3v) is 5.20. The standard InChI is InChI=1S/C15H17F3N2S/c16-15(17,18)12-6-4-10(5-7-12)8-19-14-20-13-3-1-2-11(13)9-21-14/h4-7,11,13H,1-3,8-9H2,(H,19,20). The highest BCUT2D eigenvalue weighted by atomic mass is 32.2. The average Bonchev–Trinajstić information content (AvgIpc) is 2.92. The monoisotopic (exact) mass is 314 g/mol. The van der Waals surface area contributed by atoms with E-state index in [4.69, 9.17) is 0 Å². The van der Waals surface area contributed by atoms with Crippen molar-refractivity contribution in [3.63, 3.8) is 0 Å². The van der Waals surface area contributed by atoms with Gasteiger partial charge in [0.2, 0.25) is 0 Å². The Kier molecular flexibility index (Phi) is 4.15. The van der Waals surface area contributed by atoms with E-state index in [0.29, 0.717) is 12.6 Å². The minimum Gasteiger partial charge on any atom is -0.362 e. The first-order valence-corrected chi connectivity index (χ1v) is 8.11. The molecule has 21 heavy (non-hydrogen) atoms. The smallest absolute Gasteiger partial charge is 0.362 e. The van der Waals surface area contributed by atoms with Crippen molar-refractivity contribution in [2.75, 3.05) is 5.75 Å². The van der Waals surface area contributed by atoms with Crippen molar-refractivity contribution in [3.05, 3.63) is 35.4 Å². The lowest BCUT2D eigenvalue weighted by molar-refractivity contribution is -0.137. The van der Waals surface area contributed by atoms with Crippen LogP contribution in [0.1, 0.15) is 30.4 Å². The Morgan fingerprint density at radius 1 is 1.19 bits per heavy atom. The van der Waals surface area contributed by atoms with Crippen LogP contribution < -0.4 is 5.32 Å². The van der Waals surface area contributed by atoms with Crippen LogP contribution in [0.5, 0.6) is 0 Å². The zero-order chi connectivity index (χ0) is 14.9. The maximum atomic E-state index is 12.5. The normalized spacial score (nSPS) is 27.5. The Morgan fingerprint density at radius 2 is 1.95 bits per heavy atom. The molecule has 2 atom stereocenters. The maximum Gasteiger partial charge on any atom is 0.416 e. The van der Waals surface area contributed by atoms with Gasteiger partial charge >= 0.3 is 6.18 Å². The molecule has 1 aromatic rings. The highest BCUT2D eigenvalue weighted by molar-refractivity contribution is 8.13. The average molecular weight is 314 g/mol. The first-order valence-electron chi connectivity index (χ1n) is 7.12. The fourth-order valence-electron chi connectivity index (χ4n) is 2.87. The van der Waals surface area contributed by atoms with Gasteiger partial charge in [-0.25, -0.2) is 0 Å². The second-order valence-electron chi connectivity index (χ2n) is 5.57. The lowest BCUT2D eigenvalue weighted by Crippen LogP contribution is -2.41. The summed E-state index contributed by atoms with van der Waals surface area (Å²) in [6.07, 6.45) is -0.515. The SMILES string of the molecule is FC(F)(F)c1ccc(CN=C2NC3CCCC3CS2)cc1. The second kappa shape index (κ2) is 5.91. The zero-order valence-electron chi connectivity index (χ0n) is 11.5. The van der Waals surface area contributed by atoms with Gasteiger partial charge in [0, 0.05) is 11.8 Å². The molecule has 3 rings (SSSR count). The molecule has 0 radical (unpaired) electrons. The molecular weight excluding hydrogens is 297 g/mol. The zero-order valence-corrected chi connectivity index (χ0v) is 12.3. The van der Waals surface area contributed by atoms with E-state index in [-0.39, 0.29) is 0 Å². The Bertz CT molecular complexity index is 525. The van der Waals surface area contributed by atoms with Crippen LogP contribution in [0.2, 0.25) is 0 Å².